The predicted octanol–water partition coefficient (Wildman–Crippen LogP) is 2.91. The van der Waals surface area contributed by atoms with Crippen molar-refractivity contribution in [3.05, 3.63) is 52.4 Å². The van der Waals surface area contributed by atoms with Crippen LogP contribution in [-0.2, 0) is 11.2 Å². The summed E-state index contributed by atoms with van der Waals surface area (Å²) >= 11 is 0.888. The number of carbonyl (C=O) groups excluding carboxylic acids is 1. The van der Waals surface area contributed by atoms with Gasteiger partial charge in [0.25, 0.3) is 0 Å². The SMILES string of the molecule is O=C(Cc1cccc(F)c1F)Nc1ccc(C(=O)O)s1. The molecule has 1 aromatic heterocycles. The highest BCUT2D eigenvalue weighted by atomic mass is 32.1. The highest BCUT2D eigenvalue weighted by Gasteiger charge is 2.13. The Morgan fingerprint density at radius 3 is 2.60 bits per heavy atom. The van der Waals surface area contributed by atoms with Crippen molar-refractivity contribution in [2.24, 2.45) is 0 Å². The van der Waals surface area contributed by atoms with Crippen LogP contribution in [0.3, 0.4) is 0 Å². The molecule has 0 saturated carbocycles. The summed E-state index contributed by atoms with van der Waals surface area (Å²) in [5.74, 6) is -3.71. The molecule has 1 aromatic carbocycles. The van der Waals surface area contributed by atoms with Crippen molar-refractivity contribution >= 4 is 28.2 Å². The van der Waals surface area contributed by atoms with E-state index >= 15 is 0 Å². The van der Waals surface area contributed by atoms with Crippen LogP contribution in [0, 0.1) is 11.6 Å². The second-order valence-electron chi connectivity index (χ2n) is 3.91. The number of nitrogens with one attached hydrogen (secondary N) is 1. The van der Waals surface area contributed by atoms with Crippen LogP contribution in [0.1, 0.15) is 15.2 Å². The van der Waals surface area contributed by atoms with Crippen LogP contribution in [0.5, 0.6) is 0 Å². The molecule has 0 aliphatic carbocycles. The monoisotopic (exact) mass is 297 g/mol. The van der Waals surface area contributed by atoms with E-state index in [9.17, 15) is 18.4 Å². The zero-order valence-electron chi connectivity index (χ0n) is 10.0. The standard InChI is InChI=1S/C13H9F2NO3S/c14-8-3-1-2-7(12(8)15)6-10(17)16-11-5-4-9(20-11)13(18)19/h1-5H,6H2,(H,16,17)(H,18,19). The van der Waals surface area contributed by atoms with E-state index in [1.54, 1.807) is 0 Å². The fraction of sp³-hybridized carbons (Fsp3) is 0.0769. The number of thiophene rings is 1. The fourth-order valence-electron chi connectivity index (χ4n) is 1.56. The molecule has 0 atom stereocenters. The van der Waals surface area contributed by atoms with Crippen LogP contribution < -0.4 is 5.32 Å². The Bertz CT molecular complexity index is 669. The maximum absolute atomic E-state index is 13.4. The second kappa shape index (κ2) is 5.79. The van der Waals surface area contributed by atoms with Crippen molar-refractivity contribution < 1.29 is 23.5 Å². The second-order valence-corrected chi connectivity index (χ2v) is 4.99. The third-order valence-corrected chi connectivity index (χ3v) is 3.45. The van der Waals surface area contributed by atoms with E-state index < -0.39 is 23.5 Å². The molecule has 1 amide bonds. The molecule has 7 heteroatoms. The number of carbonyl (C=O) groups is 2. The van der Waals surface area contributed by atoms with Gasteiger partial charge >= 0.3 is 5.97 Å². The number of hydrogen-bond donors (Lipinski definition) is 2. The molecule has 0 radical (unpaired) electrons. The number of hydrogen-bond acceptors (Lipinski definition) is 3. The van der Waals surface area contributed by atoms with Gasteiger partial charge in [-0.2, -0.15) is 0 Å². The largest absolute Gasteiger partial charge is 0.477 e. The van der Waals surface area contributed by atoms with Gasteiger partial charge in [-0.1, -0.05) is 12.1 Å². The van der Waals surface area contributed by atoms with E-state index in [1.165, 1.54) is 24.3 Å². The summed E-state index contributed by atoms with van der Waals surface area (Å²) in [6.45, 7) is 0. The van der Waals surface area contributed by atoms with Gasteiger partial charge in [-0.25, -0.2) is 13.6 Å². The smallest absolute Gasteiger partial charge is 0.345 e. The Kier molecular flexibility index (Phi) is 4.09. The van der Waals surface area contributed by atoms with Crippen LogP contribution in [0.25, 0.3) is 0 Å². The Balaban J connectivity index is 2.05. The van der Waals surface area contributed by atoms with Gasteiger partial charge in [-0.05, 0) is 18.2 Å². The van der Waals surface area contributed by atoms with Gasteiger partial charge in [-0.15, -0.1) is 11.3 Å². The minimum absolute atomic E-state index is 0.0579. The topological polar surface area (TPSA) is 66.4 Å². The number of carboxylic acid groups (broad SMARTS) is 1. The predicted molar refractivity (Wildman–Crippen MR) is 70.0 cm³/mol. The molecule has 2 rings (SSSR count). The van der Waals surface area contributed by atoms with Gasteiger partial charge in [0.15, 0.2) is 11.6 Å². The lowest BCUT2D eigenvalue weighted by Gasteiger charge is -2.04. The van der Waals surface area contributed by atoms with Gasteiger partial charge in [0.2, 0.25) is 5.91 Å². The average molecular weight is 297 g/mol. The Morgan fingerprint density at radius 2 is 1.95 bits per heavy atom. The minimum Gasteiger partial charge on any atom is -0.477 e. The number of anilines is 1. The van der Waals surface area contributed by atoms with Crippen molar-refractivity contribution in [2.75, 3.05) is 5.32 Å². The molecule has 0 unspecified atom stereocenters. The number of halogens is 2. The van der Waals surface area contributed by atoms with Crippen molar-refractivity contribution in [3.8, 4) is 0 Å². The summed E-state index contributed by atoms with van der Waals surface area (Å²) in [5.41, 5.74) is -0.0579. The molecule has 104 valence electrons. The fourth-order valence-corrected chi connectivity index (χ4v) is 2.32. The molecule has 1 heterocycles. The molecular weight excluding hydrogens is 288 g/mol. The molecular formula is C13H9F2NO3S. The Labute approximate surface area is 116 Å². The van der Waals surface area contributed by atoms with Crippen LogP contribution in [0.15, 0.2) is 30.3 Å². The quantitative estimate of drug-likeness (QED) is 0.912. The summed E-state index contributed by atoms with van der Waals surface area (Å²) in [6, 6.07) is 6.39. The summed E-state index contributed by atoms with van der Waals surface area (Å²) in [7, 11) is 0. The normalized spacial score (nSPS) is 10.3. The van der Waals surface area contributed by atoms with Gasteiger partial charge in [-0.3, -0.25) is 4.79 Å². The summed E-state index contributed by atoms with van der Waals surface area (Å²) in [6.07, 6.45) is -0.329. The first-order chi connectivity index (χ1) is 9.47. The first-order valence-electron chi connectivity index (χ1n) is 5.53. The lowest BCUT2D eigenvalue weighted by atomic mass is 10.1. The lowest BCUT2D eigenvalue weighted by molar-refractivity contribution is -0.115. The van der Waals surface area contributed by atoms with Gasteiger partial charge in [0, 0.05) is 5.56 Å². The lowest BCUT2D eigenvalue weighted by Crippen LogP contribution is -2.14. The number of aromatic carboxylic acids is 1. The Morgan fingerprint density at radius 1 is 1.20 bits per heavy atom. The van der Waals surface area contributed by atoms with E-state index in [4.69, 9.17) is 5.11 Å². The van der Waals surface area contributed by atoms with Gasteiger partial charge in [0.1, 0.15) is 4.88 Å². The van der Waals surface area contributed by atoms with Gasteiger partial charge < -0.3 is 10.4 Å². The number of benzene rings is 1. The molecule has 0 aliphatic heterocycles. The molecule has 20 heavy (non-hydrogen) atoms. The van der Waals surface area contributed by atoms with E-state index in [0.717, 1.165) is 17.4 Å². The third-order valence-electron chi connectivity index (χ3n) is 2.46. The van der Waals surface area contributed by atoms with E-state index in [1.807, 2.05) is 0 Å². The molecule has 4 nitrogen and oxygen atoms in total. The molecule has 0 fully saturated rings. The van der Waals surface area contributed by atoms with E-state index in [-0.39, 0.29) is 16.9 Å². The van der Waals surface area contributed by atoms with Crippen LogP contribution in [0.4, 0.5) is 13.8 Å². The molecule has 0 aliphatic rings. The first-order valence-corrected chi connectivity index (χ1v) is 6.35. The molecule has 2 N–H and O–H groups in total. The van der Waals surface area contributed by atoms with E-state index in [0.29, 0.717) is 5.00 Å². The van der Waals surface area contributed by atoms with Crippen molar-refractivity contribution in [1.82, 2.24) is 0 Å². The first kappa shape index (κ1) is 14.1. The van der Waals surface area contributed by atoms with Gasteiger partial charge in [0.05, 0.1) is 11.4 Å². The van der Waals surface area contributed by atoms with Crippen LogP contribution in [0.2, 0.25) is 0 Å². The molecule has 0 saturated heterocycles. The van der Waals surface area contributed by atoms with Crippen LogP contribution in [-0.4, -0.2) is 17.0 Å². The van der Waals surface area contributed by atoms with Crippen molar-refractivity contribution in [2.45, 2.75) is 6.42 Å². The Hall–Kier alpha value is -2.28. The number of carboxylic acids is 1. The maximum atomic E-state index is 13.4. The highest BCUT2D eigenvalue weighted by Crippen LogP contribution is 2.22. The summed E-state index contributed by atoms with van der Waals surface area (Å²) in [5, 5.41) is 11.5. The minimum atomic E-state index is -1.09. The molecule has 0 bridgehead atoms. The third kappa shape index (κ3) is 3.18. The number of rotatable bonds is 4. The zero-order valence-corrected chi connectivity index (χ0v) is 10.8. The molecule has 0 spiro atoms. The van der Waals surface area contributed by atoms with Crippen molar-refractivity contribution in [1.29, 1.82) is 0 Å². The maximum Gasteiger partial charge on any atom is 0.345 e. The zero-order chi connectivity index (χ0) is 14.7. The van der Waals surface area contributed by atoms with E-state index in [2.05, 4.69) is 5.32 Å². The average Bonchev–Trinajstić information content (AvgIpc) is 2.83. The molecule has 2 aromatic rings. The highest BCUT2D eigenvalue weighted by molar-refractivity contribution is 7.18. The summed E-state index contributed by atoms with van der Waals surface area (Å²) in [4.78, 5) is 22.4. The van der Waals surface area contributed by atoms with Crippen LogP contribution >= 0.6 is 11.3 Å². The van der Waals surface area contributed by atoms with Crippen molar-refractivity contribution in [3.63, 3.8) is 0 Å². The number of amides is 1. The summed E-state index contributed by atoms with van der Waals surface area (Å²) < 4.78 is 26.4.